The standard InChI is InChI=1S/C15H19BrN2O3/c1-9(2)15(14(20)21)5-6-18(8-15)13(19)10-3-4-12(17)11(16)7-10/h3-4,7,9H,5-6,8,17H2,1-2H3,(H,20,21). The summed E-state index contributed by atoms with van der Waals surface area (Å²) >= 11 is 3.30. The van der Waals surface area contributed by atoms with Crippen LogP contribution in [0.3, 0.4) is 0 Å². The third-order valence-electron chi connectivity index (χ3n) is 4.37. The summed E-state index contributed by atoms with van der Waals surface area (Å²) in [5.74, 6) is -1.00. The zero-order valence-electron chi connectivity index (χ0n) is 12.1. The Hall–Kier alpha value is -1.56. The van der Waals surface area contributed by atoms with E-state index in [9.17, 15) is 14.7 Å². The Bertz CT molecular complexity index is 588. The van der Waals surface area contributed by atoms with Crippen molar-refractivity contribution >= 4 is 33.5 Å². The van der Waals surface area contributed by atoms with E-state index in [-0.39, 0.29) is 18.4 Å². The summed E-state index contributed by atoms with van der Waals surface area (Å²) in [6.45, 7) is 4.50. The molecule has 1 atom stereocenters. The Morgan fingerprint density at radius 2 is 2.10 bits per heavy atom. The molecule has 1 aromatic rings. The highest BCUT2D eigenvalue weighted by atomic mass is 79.9. The van der Waals surface area contributed by atoms with E-state index < -0.39 is 11.4 Å². The molecule has 1 unspecified atom stereocenters. The molecule has 114 valence electrons. The van der Waals surface area contributed by atoms with Gasteiger partial charge in [0.05, 0.1) is 5.41 Å². The Balaban J connectivity index is 2.22. The van der Waals surface area contributed by atoms with Gasteiger partial charge >= 0.3 is 5.97 Å². The number of carboxylic acids is 1. The van der Waals surface area contributed by atoms with Crippen LogP contribution in [0.1, 0.15) is 30.6 Å². The second-order valence-corrected chi connectivity index (χ2v) is 6.68. The summed E-state index contributed by atoms with van der Waals surface area (Å²) in [6.07, 6.45) is 0.488. The van der Waals surface area contributed by atoms with Crippen LogP contribution >= 0.6 is 15.9 Å². The molecule has 2 rings (SSSR count). The van der Waals surface area contributed by atoms with Crippen LogP contribution in [0.25, 0.3) is 0 Å². The van der Waals surface area contributed by atoms with Gasteiger partial charge in [-0.05, 0) is 46.5 Å². The van der Waals surface area contributed by atoms with E-state index in [1.54, 1.807) is 23.1 Å². The Kier molecular flexibility index (Phi) is 4.27. The fourth-order valence-corrected chi connectivity index (χ4v) is 3.12. The summed E-state index contributed by atoms with van der Waals surface area (Å²) in [7, 11) is 0. The van der Waals surface area contributed by atoms with E-state index >= 15 is 0 Å². The second-order valence-electron chi connectivity index (χ2n) is 5.83. The van der Waals surface area contributed by atoms with Crippen LogP contribution in [0, 0.1) is 11.3 Å². The molecule has 21 heavy (non-hydrogen) atoms. The monoisotopic (exact) mass is 354 g/mol. The van der Waals surface area contributed by atoms with Gasteiger partial charge in [0.2, 0.25) is 0 Å². The van der Waals surface area contributed by atoms with Gasteiger partial charge in [0.15, 0.2) is 0 Å². The maximum atomic E-state index is 12.5. The van der Waals surface area contributed by atoms with Crippen LogP contribution in [-0.4, -0.2) is 35.0 Å². The third-order valence-corrected chi connectivity index (χ3v) is 5.05. The van der Waals surface area contributed by atoms with Gasteiger partial charge in [0.25, 0.3) is 5.91 Å². The average Bonchev–Trinajstić information content (AvgIpc) is 2.87. The third kappa shape index (κ3) is 2.77. The molecule has 1 fully saturated rings. The molecule has 1 aliphatic heterocycles. The minimum atomic E-state index is -0.847. The van der Waals surface area contributed by atoms with Gasteiger partial charge in [-0.25, -0.2) is 0 Å². The van der Waals surface area contributed by atoms with Crippen LogP contribution in [0.15, 0.2) is 22.7 Å². The fourth-order valence-electron chi connectivity index (χ4n) is 2.74. The topological polar surface area (TPSA) is 83.6 Å². The molecular weight excluding hydrogens is 336 g/mol. The summed E-state index contributed by atoms with van der Waals surface area (Å²) in [5.41, 5.74) is 5.95. The predicted molar refractivity (Wildman–Crippen MR) is 84.0 cm³/mol. The molecule has 5 nitrogen and oxygen atoms in total. The number of carboxylic acid groups (broad SMARTS) is 1. The molecule has 1 heterocycles. The van der Waals surface area contributed by atoms with E-state index in [4.69, 9.17) is 5.73 Å². The van der Waals surface area contributed by atoms with Crippen molar-refractivity contribution in [1.82, 2.24) is 4.90 Å². The molecule has 0 aromatic heterocycles. The number of hydrogen-bond donors (Lipinski definition) is 2. The van der Waals surface area contributed by atoms with Crippen molar-refractivity contribution in [3.63, 3.8) is 0 Å². The van der Waals surface area contributed by atoms with Crippen molar-refractivity contribution in [3.8, 4) is 0 Å². The molecule has 0 radical (unpaired) electrons. The fraction of sp³-hybridized carbons (Fsp3) is 0.467. The number of likely N-dealkylation sites (tertiary alicyclic amines) is 1. The lowest BCUT2D eigenvalue weighted by Gasteiger charge is -2.28. The van der Waals surface area contributed by atoms with Crippen molar-refractivity contribution in [1.29, 1.82) is 0 Å². The van der Waals surface area contributed by atoms with Crippen LogP contribution < -0.4 is 5.73 Å². The second kappa shape index (κ2) is 5.67. The highest BCUT2D eigenvalue weighted by Gasteiger charge is 2.48. The van der Waals surface area contributed by atoms with Crippen molar-refractivity contribution in [2.75, 3.05) is 18.8 Å². The molecule has 6 heteroatoms. The minimum Gasteiger partial charge on any atom is -0.481 e. The smallest absolute Gasteiger partial charge is 0.311 e. The normalized spacial score (nSPS) is 21.8. The number of benzene rings is 1. The first kappa shape index (κ1) is 15.8. The summed E-state index contributed by atoms with van der Waals surface area (Å²) in [6, 6.07) is 5.01. The molecule has 0 bridgehead atoms. The van der Waals surface area contributed by atoms with E-state index in [1.165, 1.54) is 0 Å². The summed E-state index contributed by atoms with van der Waals surface area (Å²) in [4.78, 5) is 25.7. The quantitative estimate of drug-likeness (QED) is 0.817. The largest absolute Gasteiger partial charge is 0.481 e. The van der Waals surface area contributed by atoms with Crippen LogP contribution in [-0.2, 0) is 4.79 Å². The number of amides is 1. The van der Waals surface area contributed by atoms with Gasteiger partial charge in [-0.15, -0.1) is 0 Å². The Labute approximate surface area is 132 Å². The Morgan fingerprint density at radius 1 is 1.43 bits per heavy atom. The van der Waals surface area contributed by atoms with Crippen molar-refractivity contribution in [2.24, 2.45) is 11.3 Å². The van der Waals surface area contributed by atoms with E-state index in [0.29, 0.717) is 28.7 Å². The first-order valence-electron chi connectivity index (χ1n) is 6.85. The number of nitrogen functional groups attached to an aromatic ring is 1. The van der Waals surface area contributed by atoms with Gasteiger partial charge in [0.1, 0.15) is 0 Å². The van der Waals surface area contributed by atoms with Crippen molar-refractivity contribution in [2.45, 2.75) is 20.3 Å². The lowest BCUT2D eigenvalue weighted by molar-refractivity contribution is -0.150. The van der Waals surface area contributed by atoms with Crippen molar-refractivity contribution < 1.29 is 14.7 Å². The molecular formula is C15H19BrN2O3. The number of nitrogens with zero attached hydrogens (tertiary/aromatic N) is 1. The van der Waals surface area contributed by atoms with Gasteiger partial charge in [-0.2, -0.15) is 0 Å². The average molecular weight is 355 g/mol. The van der Waals surface area contributed by atoms with Gasteiger partial charge in [0, 0.05) is 28.8 Å². The number of halogens is 1. The van der Waals surface area contributed by atoms with Crippen LogP contribution in [0.5, 0.6) is 0 Å². The summed E-state index contributed by atoms with van der Waals surface area (Å²) < 4.78 is 0.668. The molecule has 1 amide bonds. The lowest BCUT2D eigenvalue weighted by atomic mass is 9.76. The van der Waals surface area contributed by atoms with E-state index in [1.807, 2.05) is 13.8 Å². The molecule has 3 N–H and O–H groups in total. The number of anilines is 1. The zero-order valence-corrected chi connectivity index (χ0v) is 13.7. The molecule has 0 spiro atoms. The van der Waals surface area contributed by atoms with Gasteiger partial charge in [-0.1, -0.05) is 13.8 Å². The van der Waals surface area contributed by atoms with E-state index in [0.717, 1.165) is 0 Å². The first-order chi connectivity index (χ1) is 9.78. The number of rotatable bonds is 3. The highest BCUT2D eigenvalue weighted by molar-refractivity contribution is 9.10. The maximum absolute atomic E-state index is 12.5. The number of carbonyl (C=O) groups excluding carboxylic acids is 1. The lowest BCUT2D eigenvalue weighted by Crippen LogP contribution is -2.40. The Morgan fingerprint density at radius 3 is 2.57 bits per heavy atom. The predicted octanol–water partition coefficient (Wildman–Crippen LogP) is 2.60. The highest BCUT2D eigenvalue weighted by Crippen LogP contribution is 2.38. The zero-order chi connectivity index (χ0) is 15.8. The number of nitrogens with two attached hydrogens (primary N) is 1. The summed E-state index contributed by atoms with van der Waals surface area (Å²) in [5, 5.41) is 9.52. The number of carbonyl (C=O) groups is 2. The molecule has 1 aromatic carbocycles. The molecule has 1 saturated heterocycles. The molecule has 0 aliphatic carbocycles. The SMILES string of the molecule is CC(C)C1(C(=O)O)CCN(C(=O)c2ccc(N)c(Br)c2)C1. The van der Waals surface area contributed by atoms with Crippen molar-refractivity contribution in [3.05, 3.63) is 28.2 Å². The van der Waals surface area contributed by atoms with Gasteiger partial charge < -0.3 is 15.7 Å². The maximum Gasteiger partial charge on any atom is 0.311 e. The molecule has 0 saturated carbocycles. The minimum absolute atomic E-state index is 0.0223. The molecule has 1 aliphatic rings. The number of aliphatic carboxylic acids is 1. The van der Waals surface area contributed by atoms with Crippen LogP contribution in [0.2, 0.25) is 0 Å². The number of hydrogen-bond acceptors (Lipinski definition) is 3. The van der Waals surface area contributed by atoms with E-state index in [2.05, 4.69) is 15.9 Å². The first-order valence-corrected chi connectivity index (χ1v) is 7.65. The van der Waals surface area contributed by atoms with Gasteiger partial charge in [-0.3, -0.25) is 9.59 Å². The van der Waals surface area contributed by atoms with Crippen LogP contribution in [0.4, 0.5) is 5.69 Å².